The van der Waals surface area contributed by atoms with Crippen molar-refractivity contribution in [1.82, 2.24) is 5.32 Å². The van der Waals surface area contributed by atoms with E-state index in [1.807, 2.05) is 29.2 Å². The van der Waals surface area contributed by atoms with Crippen LogP contribution in [0, 0.1) is 0 Å². The molecule has 3 rings (SSSR count). The average molecular weight is 310 g/mol. The fourth-order valence-corrected chi connectivity index (χ4v) is 4.49. The summed E-state index contributed by atoms with van der Waals surface area (Å²) in [6.45, 7) is 2.23. The molecule has 2 atom stereocenters. The van der Waals surface area contributed by atoms with Gasteiger partial charge in [-0.05, 0) is 54.3 Å². The van der Waals surface area contributed by atoms with Gasteiger partial charge in [0.1, 0.15) is 0 Å². The van der Waals surface area contributed by atoms with E-state index in [-0.39, 0.29) is 0 Å². The molecule has 0 fully saturated rings. The molecule has 0 aliphatic carbocycles. The second-order valence-electron chi connectivity index (χ2n) is 4.78. The average Bonchev–Trinajstić information content (AvgIpc) is 2.93. The summed E-state index contributed by atoms with van der Waals surface area (Å²) in [6, 6.07) is 11.3. The number of halogens is 1. The minimum atomic E-state index is 0.389. The second kappa shape index (κ2) is 5.88. The molecule has 100 valence electrons. The normalized spacial score (nSPS) is 20.0. The molecule has 1 aromatic heterocycles. The Hall–Kier alpha value is -0.480. The Bertz CT molecular complexity index is 553. The van der Waals surface area contributed by atoms with Gasteiger partial charge in [-0.1, -0.05) is 17.7 Å². The molecule has 1 aliphatic heterocycles. The van der Waals surface area contributed by atoms with Gasteiger partial charge in [-0.3, -0.25) is 0 Å². The van der Waals surface area contributed by atoms with E-state index < -0.39 is 0 Å². The molecule has 0 saturated carbocycles. The van der Waals surface area contributed by atoms with Gasteiger partial charge in [0.05, 0.1) is 0 Å². The van der Waals surface area contributed by atoms with Crippen LogP contribution in [0.3, 0.4) is 0 Å². The van der Waals surface area contributed by atoms with Crippen molar-refractivity contribution < 1.29 is 0 Å². The van der Waals surface area contributed by atoms with Crippen LogP contribution in [0.4, 0.5) is 0 Å². The summed E-state index contributed by atoms with van der Waals surface area (Å²) in [5.41, 5.74) is 1.35. The highest BCUT2D eigenvalue weighted by Crippen LogP contribution is 2.38. The SMILES string of the molecule is CC(NC1CCSc2ccc(Cl)cc21)c1cccs1. The van der Waals surface area contributed by atoms with Gasteiger partial charge in [0, 0.05) is 26.9 Å². The van der Waals surface area contributed by atoms with Crippen molar-refractivity contribution >= 4 is 34.7 Å². The first-order valence-electron chi connectivity index (χ1n) is 6.46. The van der Waals surface area contributed by atoms with E-state index in [0.29, 0.717) is 12.1 Å². The van der Waals surface area contributed by atoms with Gasteiger partial charge < -0.3 is 5.32 Å². The van der Waals surface area contributed by atoms with E-state index in [4.69, 9.17) is 11.6 Å². The number of nitrogens with one attached hydrogen (secondary N) is 1. The Balaban J connectivity index is 1.81. The highest BCUT2D eigenvalue weighted by molar-refractivity contribution is 7.99. The molecule has 2 heterocycles. The van der Waals surface area contributed by atoms with E-state index in [2.05, 4.69) is 41.9 Å². The fourth-order valence-electron chi connectivity index (χ4n) is 2.46. The van der Waals surface area contributed by atoms with Gasteiger partial charge in [0.25, 0.3) is 0 Å². The molecule has 2 unspecified atom stereocenters. The molecule has 1 nitrogen and oxygen atoms in total. The van der Waals surface area contributed by atoms with Crippen molar-refractivity contribution in [2.45, 2.75) is 30.3 Å². The predicted molar refractivity (Wildman–Crippen MR) is 85.4 cm³/mol. The summed E-state index contributed by atoms with van der Waals surface area (Å²) < 4.78 is 0. The molecule has 1 aliphatic rings. The number of hydrogen-bond donors (Lipinski definition) is 1. The Kier molecular flexibility index (Phi) is 4.18. The number of hydrogen-bond acceptors (Lipinski definition) is 3. The van der Waals surface area contributed by atoms with E-state index in [0.717, 1.165) is 11.4 Å². The third-order valence-corrected chi connectivity index (χ3v) is 5.85. The summed E-state index contributed by atoms with van der Waals surface area (Å²) in [7, 11) is 0. The molecule has 1 N–H and O–H groups in total. The predicted octanol–water partition coefficient (Wildman–Crippen LogP) is 5.29. The van der Waals surface area contributed by atoms with Crippen LogP contribution < -0.4 is 5.32 Å². The molecular formula is C15H16ClNS2. The first-order chi connectivity index (χ1) is 9.24. The first kappa shape index (κ1) is 13.5. The Labute approximate surface area is 127 Å². The van der Waals surface area contributed by atoms with Crippen LogP contribution in [0.25, 0.3) is 0 Å². The lowest BCUT2D eigenvalue weighted by Crippen LogP contribution is -2.26. The number of thiophene rings is 1. The highest BCUT2D eigenvalue weighted by atomic mass is 35.5. The van der Waals surface area contributed by atoms with E-state index in [1.165, 1.54) is 21.1 Å². The van der Waals surface area contributed by atoms with Crippen molar-refractivity contribution in [2.24, 2.45) is 0 Å². The molecule has 0 radical (unpaired) electrons. The molecule has 0 spiro atoms. The lowest BCUT2D eigenvalue weighted by Gasteiger charge is -2.28. The first-order valence-corrected chi connectivity index (χ1v) is 8.70. The molecule has 4 heteroatoms. The zero-order valence-corrected chi connectivity index (χ0v) is 13.1. The van der Waals surface area contributed by atoms with Gasteiger partial charge in [0.15, 0.2) is 0 Å². The van der Waals surface area contributed by atoms with E-state index in [9.17, 15) is 0 Å². The molecule has 0 bridgehead atoms. The minimum Gasteiger partial charge on any atom is -0.303 e. The third-order valence-electron chi connectivity index (χ3n) is 3.43. The Morgan fingerprint density at radius 2 is 2.26 bits per heavy atom. The smallest absolute Gasteiger partial charge is 0.0410 e. The zero-order chi connectivity index (χ0) is 13.2. The van der Waals surface area contributed by atoms with Gasteiger partial charge in [0.2, 0.25) is 0 Å². The Morgan fingerprint density at radius 1 is 1.37 bits per heavy atom. The summed E-state index contributed by atoms with van der Waals surface area (Å²) in [5.74, 6) is 1.17. The molecule has 2 aromatic rings. The van der Waals surface area contributed by atoms with Crippen molar-refractivity contribution in [3.05, 3.63) is 51.2 Å². The van der Waals surface area contributed by atoms with Crippen molar-refractivity contribution in [2.75, 3.05) is 5.75 Å². The van der Waals surface area contributed by atoms with Crippen LogP contribution in [0.15, 0.2) is 40.6 Å². The van der Waals surface area contributed by atoms with E-state index in [1.54, 1.807) is 0 Å². The van der Waals surface area contributed by atoms with Crippen LogP contribution in [-0.4, -0.2) is 5.75 Å². The lowest BCUT2D eigenvalue weighted by atomic mass is 10.0. The van der Waals surface area contributed by atoms with Crippen LogP contribution in [0.1, 0.15) is 35.9 Å². The molecule has 0 amide bonds. The van der Waals surface area contributed by atoms with Gasteiger partial charge in [-0.2, -0.15) is 0 Å². The standard InChI is InChI=1S/C15H16ClNS2/c1-10(14-3-2-7-18-14)17-13-6-8-19-15-5-4-11(16)9-12(13)15/h2-5,7,9-10,13,17H,6,8H2,1H3. The van der Waals surface area contributed by atoms with Crippen LogP contribution in [0.5, 0.6) is 0 Å². The zero-order valence-electron chi connectivity index (χ0n) is 10.7. The molecule has 1 aromatic carbocycles. The molecular weight excluding hydrogens is 294 g/mol. The topological polar surface area (TPSA) is 12.0 Å². The second-order valence-corrected chi connectivity index (χ2v) is 7.33. The van der Waals surface area contributed by atoms with Crippen molar-refractivity contribution in [1.29, 1.82) is 0 Å². The maximum Gasteiger partial charge on any atom is 0.0410 e. The number of rotatable bonds is 3. The summed E-state index contributed by atoms with van der Waals surface area (Å²) >= 11 is 9.88. The molecule has 19 heavy (non-hydrogen) atoms. The number of fused-ring (bicyclic) bond motifs is 1. The lowest BCUT2D eigenvalue weighted by molar-refractivity contribution is 0.454. The fraction of sp³-hybridized carbons (Fsp3) is 0.333. The summed E-state index contributed by atoms with van der Waals surface area (Å²) in [6.07, 6.45) is 1.16. The largest absolute Gasteiger partial charge is 0.303 e. The number of thioether (sulfide) groups is 1. The summed E-state index contributed by atoms with van der Waals surface area (Å²) in [5, 5.41) is 6.71. The quantitative estimate of drug-likeness (QED) is 0.827. The van der Waals surface area contributed by atoms with Gasteiger partial charge in [-0.15, -0.1) is 23.1 Å². The monoisotopic (exact) mass is 309 g/mol. The Morgan fingerprint density at radius 3 is 3.05 bits per heavy atom. The maximum atomic E-state index is 6.14. The third kappa shape index (κ3) is 3.00. The van der Waals surface area contributed by atoms with Crippen LogP contribution in [0.2, 0.25) is 5.02 Å². The molecule has 0 saturated heterocycles. The maximum absolute atomic E-state index is 6.14. The van der Waals surface area contributed by atoms with Crippen molar-refractivity contribution in [3.8, 4) is 0 Å². The number of benzene rings is 1. The van der Waals surface area contributed by atoms with Gasteiger partial charge >= 0.3 is 0 Å². The van der Waals surface area contributed by atoms with Gasteiger partial charge in [-0.25, -0.2) is 0 Å². The highest BCUT2D eigenvalue weighted by Gasteiger charge is 2.22. The van der Waals surface area contributed by atoms with Crippen LogP contribution in [-0.2, 0) is 0 Å². The van der Waals surface area contributed by atoms with Crippen molar-refractivity contribution in [3.63, 3.8) is 0 Å². The minimum absolute atomic E-state index is 0.389. The van der Waals surface area contributed by atoms with E-state index >= 15 is 0 Å². The summed E-state index contributed by atoms with van der Waals surface area (Å²) in [4.78, 5) is 2.76. The van der Waals surface area contributed by atoms with Crippen LogP contribution >= 0.6 is 34.7 Å².